The first kappa shape index (κ1) is 19.6. The highest BCUT2D eigenvalue weighted by molar-refractivity contribution is 6.31. The van der Waals surface area contributed by atoms with Crippen molar-refractivity contribution in [1.29, 1.82) is 0 Å². The molecule has 0 saturated heterocycles. The maximum Gasteiger partial charge on any atom is 0.277 e. The van der Waals surface area contributed by atoms with Crippen LogP contribution in [-0.4, -0.2) is 51.5 Å². The Balaban J connectivity index is 1.94. The van der Waals surface area contributed by atoms with Gasteiger partial charge in [0.15, 0.2) is 0 Å². The first-order valence-corrected chi connectivity index (χ1v) is 9.44. The Labute approximate surface area is 170 Å². The summed E-state index contributed by atoms with van der Waals surface area (Å²) in [6, 6.07) is 5.38. The number of rotatable bonds is 7. The molecular formula is C19H20ClN5O4. The number of hydrogen-bond acceptors (Lipinski definition) is 7. The van der Waals surface area contributed by atoms with Gasteiger partial charge in [0.1, 0.15) is 17.5 Å². The van der Waals surface area contributed by atoms with Gasteiger partial charge >= 0.3 is 0 Å². The van der Waals surface area contributed by atoms with E-state index < -0.39 is 0 Å². The largest absolute Gasteiger partial charge is 0.384 e. The Morgan fingerprint density at radius 1 is 1.24 bits per heavy atom. The standard InChI is InChI=1S/C19H20ClN5O4/c1-11(9-28-3)18-22-17(23-29-18)15-16-19(26)24(6-7-27-2)14-8-12(20)4-5-13(14)25(16)10-21-15/h4-5,8,10-11H,6-7,9H2,1-3H3. The van der Waals surface area contributed by atoms with Gasteiger partial charge in [-0.1, -0.05) is 23.7 Å². The molecule has 3 aromatic heterocycles. The molecule has 0 aliphatic heterocycles. The molecule has 0 N–H and O–H groups in total. The summed E-state index contributed by atoms with van der Waals surface area (Å²) in [5.41, 5.74) is 1.97. The molecule has 1 unspecified atom stereocenters. The van der Waals surface area contributed by atoms with Crippen molar-refractivity contribution in [3.8, 4) is 11.5 Å². The third-order valence-corrected chi connectivity index (χ3v) is 4.95. The number of imidazole rings is 1. The molecule has 1 atom stereocenters. The Kier molecular flexibility index (Phi) is 5.35. The van der Waals surface area contributed by atoms with E-state index in [1.807, 2.05) is 13.0 Å². The molecule has 4 aromatic rings. The van der Waals surface area contributed by atoms with E-state index in [4.69, 9.17) is 25.6 Å². The molecule has 29 heavy (non-hydrogen) atoms. The SMILES string of the molecule is COCCn1c(=O)c2c(-c3noc(C(C)COC)n3)ncn2c2ccc(Cl)cc21. The average molecular weight is 418 g/mol. The fourth-order valence-corrected chi connectivity index (χ4v) is 3.48. The Hall–Kier alpha value is -2.75. The van der Waals surface area contributed by atoms with E-state index in [2.05, 4.69) is 15.1 Å². The summed E-state index contributed by atoms with van der Waals surface area (Å²) in [5, 5.41) is 4.57. The summed E-state index contributed by atoms with van der Waals surface area (Å²) in [6.07, 6.45) is 1.58. The molecule has 0 saturated carbocycles. The lowest BCUT2D eigenvalue weighted by atomic mass is 10.2. The maximum absolute atomic E-state index is 13.4. The molecule has 4 rings (SSSR count). The lowest BCUT2D eigenvalue weighted by Crippen LogP contribution is -2.25. The number of fused-ring (bicyclic) bond motifs is 3. The van der Waals surface area contributed by atoms with E-state index >= 15 is 0 Å². The van der Waals surface area contributed by atoms with Gasteiger partial charge in [0.25, 0.3) is 5.56 Å². The molecule has 3 heterocycles. The zero-order valence-corrected chi connectivity index (χ0v) is 17.0. The van der Waals surface area contributed by atoms with Crippen molar-refractivity contribution >= 4 is 28.2 Å². The van der Waals surface area contributed by atoms with Crippen LogP contribution >= 0.6 is 11.6 Å². The third-order valence-electron chi connectivity index (χ3n) is 4.71. The summed E-state index contributed by atoms with van der Waals surface area (Å²) in [7, 11) is 3.20. The van der Waals surface area contributed by atoms with Crippen molar-refractivity contribution in [1.82, 2.24) is 24.1 Å². The predicted octanol–water partition coefficient (Wildman–Crippen LogP) is 2.75. The van der Waals surface area contributed by atoms with Crippen molar-refractivity contribution in [3.63, 3.8) is 0 Å². The number of halogens is 1. The van der Waals surface area contributed by atoms with Gasteiger partial charge in [0.05, 0.1) is 30.2 Å². The minimum atomic E-state index is -0.236. The molecule has 1 aromatic carbocycles. The monoisotopic (exact) mass is 417 g/mol. The molecule has 0 amide bonds. The quantitative estimate of drug-likeness (QED) is 0.456. The molecule has 0 fully saturated rings. The van der Waals surface area contributed by atoms with E-state index in [1.165, 1.54) is 0 Å². The van der Waals surface area contributed by atoms with Crippen LogP contribution in [0.2, 0.25) is 5.02 Å². The van der Waals surface area contributed by atoms with Crippen LogP contribution < -0.4 is 5.56 Å². The van der Waals surface area contributed by atoms with Crippen LogP contribution in [0.3, 0.4) is 0 Å². The zero-order valence-electron chi connectivity index (χ0n) is 16.3. The maximum atomic E-state index is 13.4. The topological polar surface area (TPSA) is 96.7 Å². The van der Waals surface area contributed by atoms with Crippen LogP contribution in [-0.2, 0) is 16.0 Å². The Bertz CT molecular complexity index is 1230. The first-order valence-electron chi connectivity index (χ1n) is 9.06. The van der Waals surface area contributed by atoms with Gasteiger partial charge in [0.2, 0.25) is 11.7 Å². The number of nitrogens with zero attached hydrogens (tertiary/aromatic N) is 5. The van der Waals surface area contributed by atoms with E-state index in [9.17, 15) is 4.79 Å². The number of ether oxygens (including phenoxy) is 2. The highest BCUT2D eigenvalue weighted by atomic mass is 35.5. The second-order valence-electron chi connectivity index (χ2n) is 6.71. The van der Waals surface area contributed by atoms with Gasteiger partial charge in [-0.3, -0.25) is 9.20 Å². The molecule has 9 nitrogen and oxygen atoms in total. The fraction of sp³-hybridized carbons (Fsp3) is 0.368. The third kappa shape index (κ3) is 3.41. The van der Waals surface area contributed by atoms with Crippen LogP contribution in [0.25, 0.3) is 28.1 Å². The molecule has 0 spiro atoms. The van der Waals surface area contributed by atoms with Crippen LogP contribution in [0, 0.1) is 0 Å². The minimum Gasteiger partial charge on any atom is -0.384 e. The minimum absolute atomic E-state index is 0.0727. The van der Waals surface area contributed by atoms with E-state index in [-0.39, 0.29) is 17.3 Å². The van der Waals surface area contributed by atoms with Gasteiger partial charge in [0, 0.05) is 25.8 Å². The Morgan fingerprint density at radius 3 is 2.83 bits per heavy atom. The van der Waals surface area contributed by atoms with Gasteiger partial charge < -0.3 is 18.6 Å². The second-order valence-corrected chi connectivity index (χ2v) is 7.14. The van der Waals surface area contributed by atoms with E-state index in [1.54, 1.807) is 41.6 Å². The smallest absolute Gasteiger partial charge is 0.277 e. The van der Waals surface area contributed by atoms with Crippen LogP contribution in [0.1, 0.15) is 18.7 Å². The number of benzene rings is 1. The lowest BCUT2D eigenvalue weighted by Gasteiger charge is -2.12. The molecule has 0 bridgehead atoms. The summed E-state index contributed by atoms with van der Waals surface area (Å²) in [4.78, 5) is 22.2. The molecule has 0 aliphatic carbocycles. The highest BCUT2D eigenvalue weighted by Crippen LogP contribution is 2.25. The predicted molar refractivity (Wildman–Crippen MR) is 107 cm³/mol. The summed E-state index contributed by atoms with van der Waals surface area (Å²) < 4.78 is 19.0. The lowest BCUT2D eigenvalue weighted by molar-refractivity contribution is 0.170. The molecular weight excluding hydrogens is 398 g/mol. The van der Waals surface area contributed by atoms with E-state index in [0.29, 0.717) is 47.4 Å². The van der Waals surface area contributed by atoms with Crippen molar-refractivity contribution in [2.24, 2.45) is 0 Å². The fourth-order valence-electron chi connectivity index (χ4n) is 3.31. The first-order chi connectivity index (χ1) is 14.0. The molecule has 152 valence electrons. The summed E-state index contributed by atoms with van der Waals surface area (Å²) in [5.74, 6) is 0.612. The number of methoxy groups -OCH3 is 2. The molecule has 0 aliphatic rings. The second kappa shape index (κ2) is 7.94. The summed E-state index contributed by atoms with van der Waals surface area (Å²) in [6.45, 7) is 3.11. The van der Waals surface area contributed by atoms with Gasteiger partial charge in [-0.05, 0) is 18.2 Å². The van der Waals surface area contributed by atoms with Crippen molar-refractivity contribution in [2.45, 2.75) is 19.4 Å². The zero-order chi connectivity index (χ0) is 20.5. The van der Waals surface area contributed by atoms with Gasteiger partial charge in [-0.25, -0.2) is 4.98 Å². The van der Waals surface area contributed by atoms with Crippen molar-refractivity contribution in [2.75, 3.05) is 27.4 Å². The van der Waals surface area contributed by atoms with Crippen LogP contribution in [0.15, 0.2) is 33.8 Å². The Morgan fingerprint density at radius 2 is 2.07 bits per heavy atom. The molecule has 0 radical (unpaired) electrons. The van der Waals surface area contributed by atoms with Crippen LogP contribution in [0.5, 0.6) is 0 Å². The van der Waals surface area contributed by atoms with Crippen molar-refractivity contribution in [3.05, 3.63) is 45.8 Å². The van der Waals surface area contributed by atoms with Gasteiger partial charge in [-0.15, -0.1) is 0 Å². The summed E-state index contributed by atoms with van der Waals surface area (Å²) >= 11 is 6.17. The highest BCUT2D eigenvalue weighted by Gasteiger charge is 2.22. The normalized spacial score (nSPS) is 12.8. The number of hydrogen-bond donors (Lipinski definition) is 0. The van der Waals surface area contributed by atoms with Crippen molar-refractivity contribution < 1.29 is 14.0 Å². The molecule has 10 heteroatoms. The average Bonchev–Trinajstić information content (AvgIpc) is 3.35. The van der Waals surface area contributed by atoms with Gasteiger partial charge in [-0.2, -0.15) is 4.98 Å². The van der Waals surface area contributed by atoms with E-state index in [0.717, 1.165) is 5.52 Å². The number of aromatic nitrogens is 5. The van der Waals surface area contributed by atoms with Crippen LogP contribution in [0.4, 0.5) is 0 Å².